The lowest BCUT2D eigenvalue weighted by molar-refractivity contribution is -0.207. The van der Waals surface area contributed by atoms with Crippen LogP contribution in [0, 0.1) is 70.3 Å². The fraction of sp³-hybridized carbons (Fsp3) is 0.643. The standard InChI is InChI=1S/C56H68F3N5O7/c1-5-37-43(58)12-9-32-22-36(71-46(68)13-8-31(2)40-10-11-41-48-42(26-45(67)55(40,41)4)54(3)16-14-35(65)23-33(54)24-44(48)66)25-38(47(32)37)50-49(59)51-39(28-60-50)52(63-17-7-20-69-21-19-63)62-53(61-51)70-30-56-15-6-18-64(56)29-34(57)27-56/h1,9,12,22,25,28,31,33-35,40-42,44-45,48,65-67H,6-8,10-11,13-21,23-24,26-27,29-30H2,2-4H3/t31-,33+,34-,35-,40-,41+,42+,44-,45+,48+,54+,55-,56+/m1/s1. The van der Waals surface area contributed by atoms with E-state index < -0.39 is 46.9 Å². The summed E-state index contributed by atoms with van der Waals surface area (Å²) in [4.78, 5) is 32.1. The van der Waals surface area contributed by atoms with Gasteiger partial charge in [-0.3, -0.25) is 14.7 Å². The van der Waals surface area contributed by atoms with Crippen LogP contribution in [0.25, 0.3) is 32.9 Å². The van der Waals surface area contributed by atoms with Crippen LogP contribution in [-0.2, 0) is 9.53 Å². The molecule has 2 aromatic heterocycles. The monoisotopic (exact) mass is 980 g/mol. The van der Waals surface area contributed by atoms with Gasteiger partial charge in [0.05, 0.1) is 41.4 Å². The second-order valence-electron chi connectivity index (χ2n) is 23.0. The molecule has 71 heavy (non-hydrogen) atoms. The molecule has 15 heteroatoms. The Morgan fingerprint density at radius 1 is 1.01 bits per heavy atom. The number of benzene rings is 2. The number of pyridine rings is 1. The van der Waals surface area contributed by atoms with Gasteiger partial charge in [-0.25, -0.2) is 13.2 Å². The first-order valence-corrected chi connectivity index (χ1v) is 26.3. The summed E-state index contributed by atoms with van der Waals surface area (Å²) in [5, 5.41) is 35.4. The lowest BCUT2D eigenvalue weighted by atomic mass is 9.43. The quantitative estimate of drug-likeness (QED) is 0.0794. The zero-order valence-electron chi connectivity index (χ0n) is 41.2. The van der Waals surface area contributed by atoms with Crippen LogP contribution in [0.3, 0.4) is 0 Å². The van der Waals surface area contributed by atoms with Crippen molar-refractivity contribution in [1.82, 2.24) is 19.9 Å². The first-order chi connectivity index (χ1) is 34.1. The van der Waals surface area contributed by atoms with Gasteiger partial charge in [0.2, 0.25) is 0 Å². The highest BCUT2D eigenvalue weighted by atomic mass is 19.1. The van der Waals surface area contributed by atoms with Crippen molar-refractivity contribution in [3.05, 3.63) is 47.7 Å². The van der Waals surface area contributed by atoms with E-state index in [-0.39, 0.29) is 99.5 Å². The molecule has 3 aliphatic heterocycles. The van der Waals surface area contributed by atoms with Crippen molar-refractivity contribution in [3.63, 3.8) is 0 Å². The fourth-order valence-electron chi connectivity index (χ4n) is 15.8. The number of ether oxygens (including phenoxy) is 3. The summed E-state index contributed by atoms with van der Waals surface area (Å²) < 4.78 is 66.0. The van der Waals surface area contributed by atoms with Gasteiger partial charge in [-0.15, -0.1) is 6.42 Å². The van der Waals surface area contributed by atoms with E-state index in [0.29, 0.717) is 88.0 Å². The number of anilines is 1. The number of fused-ring (bicyclic) bond motifs is 8. The number of rotatable bonds is 10. The molecule has 12 nitrogen and oxygen atoms in total. The normalized spacial score (nSPS) is 35.3. The van der Waals surface area contributed by atoms with Gasteiger partial charge in [-0.1, -0.05) is 32.8 Å². The molecule has 7 aliphatic rings. The molecule has 0 bridgehead atoms. The van der Waals surface area contributed by atoms with E-state index in [2.05, 4.69) is 41.6 Å². The van der Waals surface area contributed by atoms with Gasteiger partial charge < -0.3 is 34.4 Å². The number of nitrogens with zero attached hydrogens (tertiary/aromatic N) is 5. The number of hydrogen-bond donors (Lipinski definition) is 3. The van der Waals surface area contributed by atoms with Gasteiger partial charge in [-0.05, 0) is 147 Å². The number of carbonyl (C=O) groups excluding carboxylic acids is 1. The van der Waals surface area contributed by atoms with Crippen LogP contribution < -0.4 is 14.4 Å². The molecular weight excluding hydrogens is 912 g/mol. The minimum absolute atomic E-state index is 0.0252. The molecule has 13 atom stereocenters. The maximum atomic E-state index is 17.6. The predicted molar refractivity (Wildman–Crippen MR) is 262 cm³/mol. The molecule has 0 radical (unpaired) electrons. The van der Waals surface area contributed by atoms with E-state index >= 15 is 8.78 Å². The zero-order chi connectivity index (χ0) is 49.6. The fourth-order valence-corrected chi connectivity index (χ4v) is 15.8. The summed E-state index contributed by atoms with van der Waals surface area (Å²) in [6, 6.07) is 5.75. The van der Waals surface area contributed by atoms with Gasteiger partial charge in [0.1, 0.15) is 41.4 Å². The van der Waals surface area contributed by atoms with E-state index in [9.17, 15) is 24.5 Å². The molecule has 3 saturated heterocycles. The lowest BCUT2D eigenvalue weighted by Gasteiger charge is -2.63. The smallest absolute Gasteiger partial charge is 0.319 e. The summed E-state index contributed by atoms with van der Waals surface area (Å²) >= 11 is 0. The lowest BCUT2D eigenvalue weighted by Crippen LogP contribution is -2.62. The Labute approximate surface area is 414 Å². The minimum Gasteiger partial charge on any atom is -0.461 e. The summed E-state index contributed by atoms with van der Waals surface area (Å²) in [6.45, 7) is 10.0. The van der Waals surface area contributed by atoms with Gasteiger partial charge in [0, 0.05) is 56.2 Å². The zero-order valence-corrected chi connectivity index (χ0v) is 41.2. The third-order valence-corrected chi connectivity index (χ3v) is 19.4. The molecule has 5 heterocycles. The van der Waals surface area contributed by atoms with Gasteiger partial charge in [0.25, 0.3) is 0 Å². The van der Waals surface area contributed by atoms with Crippen molar-refractivity contribution in [3.8, 4) is 35.4 Å². The third kappa shape index (κ3) is 8.26. The second-order valence-corrected chi connectivity index (χ2v) is 23.0. The molecule has 4 aromatic rings. The number of carbonyl (C=O) groups is 1. The van der Waals surface area contributed by atoms with Gasteiger partial charge in [0.15, 0.2) is 5.82 Å². The molecule has 4 aliphatic carbocycles. The Morgan fingerprint density at radius 3 is 2.69 bits per heavy atom. The number of terminal acetylenes is 1. The van der Waals surface area contributed by atoms with Crippen LogP contribution in [0.1, 0.15) is 110 Å². The van der Waals surface area contributed by atoms with Crippen molar-refractivity contribution in [2.75, 3.05) is 50.9 Å². The molecule has 3 N–H and O–H groups in total. The van der Waals surface area contributed by atoms with Crippen LogP contribution in [0.2, 0.25) is 0 Å². The van der Waals surface area contributed by atoms with Crippen LogP contribution in [0.15, 0.2) is 30.5 Å². The third-order valence-electron chi connectivity index (χ3n) is 19.4. The maximum absolute atomic E-state index is 17.6. The van der Waals surface area contributed by atoms with Crippen molar-refractivity contribution in [1.29, 1.82) is 0 Å². The largest absolute Gasteiger partial charge is 0.461 e. The molecule has 0 spiro atoms. The number of hydrogen-bond acceptors (Lipinski definition) is 12. The van der Waals surface area contributed by atoms with Crippen molar-refractivity contribution in [2.24, 2.45) is 46.3 Å². The number of aromatic nitrogens is 3. The number of aliphatic hydroxyl groups excluding tert-OH is 3. The Kier molecular flexibility index (Phi) is 12.8. The Hall–Kier alpha value is -4.59. The first kappa shape index (κ1) is 48.7. The molecule has 380 valence electrons. The van der Waals surface area contributed by atoms with Gasteiger partial charge >= 0.3 is 12.0 Å². The van der Waals surface area contributed by atoms with E-state index in [1.807, 2.05) is 4.90 Å². The average molecular weight is 980 g/mol. The van der Waals surface area contributed by atoms with Crippen LogP contribution in [0.4, 0.5) is 19.0 Å². The number of halogens is 3. The van der Waals surface area contributed by atoms with Crippen molar-refractivity contribution < 1.29 is 47.5 Å². The molecule has 2 aromatic carbocycles. The molecule has 0 unspecified atom stereocenters. The average Bonchev–Trinajstić information content (AvgIpc) is 3.91. The van der Waals surface area contributed by atoms with Crippen LogP contribution in [0.5, 0.6) is 11.8 Å². The molecular formula is C56H68F3N5O7. The summed E-state index contributed by atoms with van der Waals surface area (Å²) in [5.41, 5.74) is -1.20. The highest BCUT2D eigenvalue weighted by Gasteiger charge is 2.65. The molecule has 11 rings (SSSR count). The van der Waals surface area contributed by atoms with Crippen molar-refractivity contribution in [2.45, 2.75) is 134 Å². The Morgan fingerprint density at radius 2 is 1.86 bits per heavy atom. The van der Waals surface area contributed by atoms with E-state index in [1.54, 1.807) is 6.07 Å². The van der Waals surface area contributed by atoms with Crippen LogP contribution >= 0.6 is 0 Å². The Balaban J connectivity index is 0.869. The summed E-state index contributed by atoms with van der Waals surface area (Å²) in [6.07, 6.45) is 13.9. The van der Waals surface area contributed by atoms with E-state index in [4.69, 9.17) is 25.6 Å². The highest BCUT2D eigenvalue weighted by Crippen LogP contribution is 2.68. The molecule has 4 saturated carbocycles. The highest BCUT2D eigenvalue weighted by molar-refractivity contribution is 6.03. The molecule has 7 fully saturated rings. The number of esters is 1. The summed E-state index contributed by atoms with van der Waals surface area (Å²) in [5.74, 6) is 1.80. The minimum atomic E-state index is -0.963. The van der Waals surface area contributed by atoms with Crippen molar-refractivity contribution >= 4 is 33.5 Å². The van der Waals surface area contributed by atoms with Gasteiger partial charge in [-0.2, -0.15) is 9.97 Å². The summed E-state index contributed by atoms with van der Waals surface area (Å²) in [7, 11) is 0. The Bertz CT molecular complexity index is 2750. The second kappa shape index (κ2) is 18.7. The van der Waals surface area contributed by atoms with E-state index in [0.717, 1.165) is 45.1 Å². The van der Waals surface area contributed by atoms with Crippen LogP contribution in [-0.4, -0.2) is 117 Å². The number of alkyl halides is 1. The molecule has 0 amide bonds. The maximum Gasteiger partial charge on any atom is 0.319 e. The van der Waals surface area contributed by atoms with E-state index in [1.165, 1.54) is 24.4 Å². The predicted octanol–water partition coefficient (Wildman–Crippen LogP) is 8.57. The SMILES string of the molecule is C#Cc1c(F)ccc2cc(OC(=O)CC[C@@H](C)[C@H]3CC[C@H]4[C@@H]5[C@H](O)C[C@@H]6C[C@H](O)CC[C@]6(C)[C@H]5C[C@H](O)[C@]34C)cc(-c3ncc4c(N5CCCOCC5)nc(OC[C@@]56CCCN5C[C@H](F)C6)nc4c3F)c12. The topological polar surface area (TPSA) is 151 Å². The number of aliphatic hydroxyl groups is 3. The first-order valence-electron chi connectivity index (χ1n) is 26.3.